The van der Waals surface area contributed by atoms with Gasteiger partial charge >= 0.3 is 0 Å². The Hall–Kier alpha value is -1.16. The quantitative estimate of drug-likeness (QED) is 0.871. The summed E-state index contributed by atoms with van der Waals surface area (Å²) in [6.45, 7) is 0. The molecular formula is C13H8Cl2F2O. The number of halogens is 4. The van der Waals surface area contributed by atoms with Crippen molar-refractivity contribution in [1.82, 2.24) is 0 Å². The zero-order chi connectivity index (χ0) is 13.3. The second kappa shape index (κ2) is 5.22. The molecule has 1 nitrogen and oxygen atoms in total. The number of hydrogen-bond donors (Lipinski definition) is 1. The van der Waals surface area contributed by atoms with E-state index in [1.165, 1.54) is 6.07 Å². The summed E-state index contributed by atoms with van der Waals surface area (Å²) in [7, 11) is 0. The number of aliphatic hydroxyl groups excluding tert-OH is 1. The number of aliphatic hydroxyl groups is 1. The molecule has 0 spiro atoms. The van der Waals surface area contributed by atoms with Crippen molar-refractivity contribution in [3.05, 3.63) is 69.2 Å². The van der Waals surface area contributed by atoms with E-state index in [2.05, 4.69) is 0 Å². The average molecular weight is 289 g/mol. The Labute approximate surface area is 113 Å². The zero-order valence-corrected chi connectivity index (χ0v) is 10.5. The lowest BCUT2D eigenvalue weighted by atomic mass is 10.0. The van der Waals surface area contributed by atoms with Crippen molar-refractivity contribution in [3.8, 4) is 0 Å². The van der Waals surface area contributed by atoms with Gasteiger partial charge < -0.3 is 5.11 Å². The van der Waals surface area contributed by atoms with Gasteiger partial charge in [0.25, 0.3) is 0 Å². The maximum absolute atomic E-state index is 13.1. The fourth-order valence-electron chi connectivity index (χ4n) is 1.59. The predicted molar refractivity (Wildman–Crippen MR) is 66.9 cm³/mol. The van der Waals surface area contributed by atoms with Crippen LogP contribution in [0.5, 0.6) is 0 Å². The van der Waals surface area contributed by atoms with E-state index >= 15 is 0 Å². The first kappa shape index (κ1) is 13.3. The normalized spacial score (nSPS) is 12.5. The van der Waals surface area contributed by atoms with E-state index in [-0.39, 0.29) is 15.6 Å². The van der Waals surface area contributed by atoms with Crippen LogP contribution in [0.15, 0.2) is 36.4 Å². The van der Waals surface area contributed by atoms with Gasteiger partial charge in [0.1, 0.15) is 6.10 Å². The lowest BCUT2D eigenvalue weighted by Gasteiger charge is -2.14. The topological polar surface area (TPSA) is 20.2 Å². The first-order valence-corrected chi connectivity index (χ1v) is 5.83. The minimum Gasteiger partial charge on any atom is -0.384 e. The summed E-state index contributed by atoms with van der Waals surface area (Å²) in [5.41, 5.74) is 0.549. The lowest BCUT2D eigenvalue weighted by molar-refractivity contribution is 0.219. The molecule has 2 aromatic carbocycles. The molecule has 0 amide bonds. The van der Waals surface area contributed by atoms with E-state index in [9.17, 15) is 13.9 Å². The van der Waals surface area contributed by atoms with Gasteiger partial charge in [-0.05, 0) is 23.8 Å². The van der Waals surface area contributed by atoms with Crippen LogP contribution in [0.25, 0.3) is 0 Å². The highest BCUT2D eigenvalue weighted by atomic mass is 35.5. The second-order valence-corrected chi connectivity index (χ2v) is 4.50. The molecule has 18 heavy (non-hydrogen) atoms. The lowest BCUT2D eigenvalue weighted by Crippen LogP contribution is -2.02. The summed E-state index contributed by atoms with van der Waals surface area (Å²) in [4.78, 5) is 0. The maximum atomic E-state index is 13.1. The third-order valence-electron chi connectivity index (χ3n) is 2.54. The average Bonchev–Trinajstić information content (AvgIpc) is 2.35. The summed E-state index contributed by atoms with van der Waals surface area (Å²) < 4.78 is 25.9. The fourth-order valence-corrected chi connectivity index (χ4v) is 2.00. The van der Waals surface area contributed by atoms with Gasteiger partial charge in [0.05, 0.1) is 10.0 Å². The van der Waals surface area contributed by atoms with Crippen molar-refractivity contribution in [1.29, 1.82) is 0 Å². The van der Waals surface area contributed by atoms with Gasteiger partial charge in [-0.1, -0.05) is 41.4 Å². The number of benzene rings is 2. The zero-order valence-electron chi connectivity index (χ0n) is 9.00. The Kier molecular flexibility index (Phi) is 3.85. The molecule has 0 fully saturated rings. The molecule has 2 rings (SSSR count). The van der Waals surface area contributed by atoms with Crippen LogP contribution in [0, 0.1) is 11.6 Å². The highest BCUT2D eigenvalue weighted by Gasteiger charge is 2.17. The molecular weight excluding hydrogens is 281 g/mol. The summed E-state index contributed by atoms with van der Waals surface area (Å²) in [5, 5.41) is 10.6. The largest absolute Gasteiger partial charge is 0.384 e. The standard InChI is InChI=1S/C13H8Cl2F2O/c14-9-3-1-2-8(12(9)15)13(18)7-4-5-10(16)11(17)6-7/h1-6,13,18H. The molecule has 2 aromatic rings. The van der Waals surface area contributed by atoms with Gasteiger partial charge in [-0.25, -0.2) is 8.78 Å². The molecule has 0 aromatic heterocycles. The first-order chi connectivity index (χ1) is 8.50. The molecule has 5 heteroatoms. The highest BCUT2D eigenvalue weighted by Crippen LogP contribution is 2.33. The van der Waals surface area contributed by atoms with Gasteiger partial charge in [-0.15, -0.1) is 0 Å². The van der Waals surface area contributed by atoms with E-state index in [0.29, 0.717) is 5.56 Å². The summed E-state index contributed by atoms with van der Waals surface area (Å²) in [6.07, 6.45) is -1.16. The summed E-state index contributed by atoms with van der Waals surface area (Å²) >= 11 is 11.8. The van der Waals surface area contributed by atoms with E-state index in [0.717, 1.165) is 12.1 Å². The molecule has 94 valence electrons. The molecule has 1 unspecified atom stereocenters. The van der Waals surface area contributed by atoms with Crippen molar-refractivity contribution in [2.45, 2.75) is 6.10 Å². The molecule has 0 bridgehead atoms. The van der Waals surface area contributed by atoms with E-state index < -0.39 is 17.7 Å². The van der Waals surface area contributed by atoms with Crippen LogP contribution >= 0.6 is 23.2 Å². The van der Waals surface area contributed by atoms with Gasteiger partial charge in [-0.2, -0.15) is 0 Å². The second-order valence-electron chi connectivity index (χ2n) is 3.72. The van der Waals surface area contributed by atoms with Crippen LogP contribution in [-0.2, 0) is 0 Å². The van der Waals surface area contributed by atoms with Crippen molar-refractivity contribution >= 4 is 23.2 Å². The molecule has 0 aliphatic rings. The third-order valence-corrected chi connectivity index (χ3v) is 3.37. The van der Waals surface area contributed by atoms with Crippen LogP contribution in [0.4, 0.5) is 8.78 Å². The van der Waals surface area contributed by atoms with E-state index in [1.807, 2.05) is 0 Å². The summed E-state index contributed by atoms with van der Waals surface area (Å²) in [5.74, 6) is -1.99. The van der Waals surface area contributed by atoms with Crippen molar-refractivity contribution in [2.24, 2.45) is 0 Å². The van der Waals surface area contributed by atoms with Gasteiger partial charge in [0.2, 0.25) is 0 Å². The molecule has 0 aliphatic carbocycles. The van der Waals surface area contributed by atoms with Crippen molar-refractivity contribution in [2.75, 3.05) is 0 Å². The minimum absolute atomic E-state index is 0.191. The highest BCUT2D eigenvalue weighted by molar-refractivity contribution is 6.42. The van der Waals surface area contributed by atoms with Crippen LogP contribution in [0.1, 0.15) is 17.2 Å². The molecule has 1 atom stereocenters. The van der Waals surface area contributed by atoms with Gasteiger partial charge in [0.15, 0.2) is 11.6 Å². The molecule has 0 aliphatic heterocycles. The Balaban J connectivity index is 2.44. The van der Waals surface area contributed by atoms with E-state index in [1.54, 1.807) is 18.2 Å². The molecule has 0 saturated heterocycles. The van der Waals surface area contributed by atoms with Gasteiger partial charge in [0, 0.05) is 5.56 Å². The van der Waals surface area contributed by atoms with Crippen molar-refractivity contribution in [3.63, 3.8) is 0 Å². The smallest absolute Gasteiger partial charge is 0.159 e. The Morgan fingerprint density at radius 2 is 1.72 bits per heavy atom. The fraction of sp³-hybridized carbons (Fsp3) is 0.0769. The first-order valence-electron chi connectivity index (χ1n) is 5.07. The molecule has 0 radical (unpaired) electrons. The third kappa shape index (κ3) is 2.48. The Morgan fingerprint density at radius 3 is 2.39 bits per heavy atom. The Morgan fingerprint density at radius 1 is 1.00 bits per heavy atom. The SMILES string of the molecule is OC(c1ccc(F)c(F)c1)c1cccc(Cl)c1Cl. The molecule has 1 N–H and O–H groups in total. The van der Waals surface area contributed by atoms with Gasteiger partial charge in [-0.3, -0.25) is 0 Å². The van der Waals surface area contributed by atoms with E-state index in [4.69, 9.17) is 23.2 Å². The predicted octanol–water partition coefficient (Wildman–Crippen LogP) is 4.35. The minimum atomic E-state index is -1.16. The molecule has 0 saturated carbocycles. The van der Waals surface area contributed by atoms with Crippen molar-refractivity contribution < 1.29 is 13.9 Å². The van der Waals surface area contributed by atoms with Crippen LogP contribution in [0.3, 0.4) is 0 Å². The Bertz CT molecular complexity index is 587. The molecule has 0 heterocycles. The maximum Gasteiger partial charge on any atom is 0.159 e. The van der Waals surface area contributed by atoms with Crippen LogP contribution < -0.4 is 0 Å². The van der Waals surface area contributed by atoms with Crippen LogP contribution in [-0.4, -0.2) is 5.11 Å². The summed E-state index contributed by atoms with van der Waals surface area (Å²) in [6, 6.07) is 7.93. The number of rotatable bonds is 2. The number of hydrogen-bond acceptors (Lipinski definition) is 1. The van der Waals surface area contributed by atoms with Crippen LogP contribution in [0.2, 0.25) is 10.0 Å². The monoisotopic (exact) mass is 288 g/mol.